The molecule has 1 unspecified atom stereocenters. The highest BCUT2D eigenvalue weighted by atomic mass is 28.3. The van der Waals surface area contributed by atoms with Crippen LogP contribution >= 0.6 is 0 Å². The number of hydrogen-bond acceptors (Lipinski definition) is 2. The van der Waals surface area contributed by atoms with E-state index in [9.17, 15) is 0 Å². The maximum atomic E-state index is 5.51. The smallest absolute Gasteiger partial charge is 0.352 e. The van der Waals surface area contributed by atoms with Crippen LogP contribution in [-0.2, 0) is 8.85 Å². The van der Waals surface area contributed by atoms with E-state index in [0.717, 1.165) is 0 Å². The molecule has 0 saturated heterocycles. The molecular weight excluding hydrogens is 216 g/mol. The summed E-state index contributed by atoms with van der Waals surface area (Å²) in [5.74, 6) is 0.438. The molecule has 0 amide bonds. The van der Waals surface area contributed by atoms with Gasteiger partial charge < -0.3 is 8.85 Å². The second-order valence-electron chi connectivity index (χ2n) is 4.19. The summed E-state index contributed by atoms with van der Waals surface area (Å²) in [6.45, 7) is 4.42. The average molecular weight is 234 g/mol. The van der Waals surface area contributed by atoms with Gasteiger partial charge >= 0.3 is 9.28 Å². The molecule has 0 spiro atoms. The second kappa shape index (κ2) is 4.53. The molecule has 2 rings (SSSR count). The molecule has 1 aromatic carbocycles. The van der Waals surface area contributed by atoms with Crippen LogP contribution in [0, 0.1) is 0 Å². The van der Waals surface area contributed by atoms with E-state index in [4.69, 9.17) is 8.85 Å². The van der Waals surface area contributed by atoms with Gasteiger partial charge in [-0.25, -0.2) is 0 Å². The van der Waals surface area contributed by atoms with Crippen LogP contribution < -0.4 is 0 Å². The summed E-state index contributed by atoms with van der Waals surface area (Å²) in [5.41, 5.74) is 4.11. The molecule has 86 valence electrons. The minimum Gasteiger partial charge on any atom is -0.397 e. The summed E-state index contributed by atoms with van der Waals surface area (Å²) in [4.78, 5) is 0. The lowest BCUT2D eigenvalue weighted by molar-refractivity contribution is 0.285. The number of allylic oxidation sites excluding steroid dienone is 2. The van der Waals surface area contributed by atoms with Crippen molar-refractivity contribution in [2.45, 2.75) is 19.8 Å². The highest BCUT2D eigenvalue weighted by Crippen LogP contribution is 2.42. The van der Waals surface area contributed by atoms with E-state index in [0.29, 0.717) is 5.92 Å². The lowest BCUT2D eigenvalue weighted by Crippen LogP contribution is -2.24. The van der Waals surface area contributed by atoms with Crippen molar-refractivity contribution in [3.05, 3.63) is 40.6 Å². The van der Waals surface area contributed by atoms with E-state index in [1.165, 1.54) is 21.9 Å². The third-order valence-electron chi connectivity index (χ3n) is 3.41. The van der Waals surface area contributed by atoms with Crippen LogP contribution in [0.4, 0.5) is 0 Å². The molecule has 0 aliphatic heterocycles. The normalized spacial score (nSPS) is 19.4. The Labute approximate surface area is 98.7 Å². The standard InChI is InChI=1S/C13H18O2Si/c1-9-11-7-5-6-8-12(11)10(2)13(9)16(14-3)15-4/h5-9,16H,1-4H3. The van der Waals surface area contributed by atoms with Crippen molar-refractivity contribution >= 4 is 14.9 Å². The molecule has 1 aliphatic rings. The van der Waals surface area contributed by atoms with Gasteiger partial charge in [-0.2, -0.15) is 0 Å². The van der Waals surface area contributed by atoms with Gasteiger partial charge in [0.15, 0.2) is 0 Å². The number of benzene rings is 1. The van der Waals surface area contributed by atoms with Crippen molar-refractivity contribution in [2.24, 2.45) is 0 Å². The number of rotatable bonds is 3. The lowest BCUT2D eigenvalue weighted by atomic mass is 10.0. The fourth-order valence-electron chi connectivity index (χ4n) is 2.59. The van der Waals surface area contributed by atoms with Crippen LogP contribution in [0.1, 0.15) is 30.9 Å². The first-order valence-corrected chi connectivity index (χ1v) is 7.08. The van der Waals surface area contributed by atoms with Crippen LogP contribution in [0.5, 0.6) is 0 Å². The third kappa shape index (κ3) is 1.65. The molecule has 0 radical (unpaired) electrons. The maximum Gasteiger partial charge on any atom is 0.352 e. The molecule has 0 heterocycles. The molecular formula is C13H18O2Si. The molecule has 0 saturated carbocycles. The van der Waals surface area contributed by atoms with Crippen LogP contribution in [0.25, 0.3) is 5.57 Å². The molecule has 0 aromatic heterocycles. The summed E-state index contributed by atoms with van der Waals surface area (Å²) < 4.78 is 11.0. The zero-order chi connectivity index (χ0) is 11.7. The Balaban J connectivity index is 2.47. The van der Waals surface area contributed by atoms with E-state index in [1.807, 2.05) is 0 Å². The number of fused-ring (bicyclic) bond motifs is 1. The zero-order valence-electron chi connectivity index (χ0n) is 10.3. The van der Waals surface area contributed by atoms with Gasteiger partial charge in [-0.1, -0.05) is 31.2 Å². The molecule has 1 atom stereocenters. The van der Waals surface area contributed by atoms with Crippen molar-refractivity contribution in [2.75, 3.05) is 14.2 Å². The SMILES string of the molecule is CO[SiH](OC)C1=C(C)c2ccccc2C1C. The second-order valence-corrected chi connectivity index (χ2v) is 6.42. The van der Waals surface area contributed by atoms with E-state index in [-0.39, 0.29) is 0 Å². The van der Waals surface area contributed by atoms with Crippen LogP contribution in [-0.4, -0.2) is 23.5 Å². The predicted molar refractivity (Wildman–Crippen MR) is 68.6 cm³/mol. The first-order chi connectivity index (χ1) is 7.70. The predicted octanol–water partition coefficient (Wildman–Crippen LogP) is 2.63. The first-order valence-electron chi connectivity index (χ1n) is 5.56. The Morgan fingerprint density at radius 3 is 2.31 bits per heavy atom. The Morgan fingerprint density at radius 2 is 1.75 bits per heavy atom. The van der Waals surface area contributed by atoms with Crippen molar-refractivity contribution in [3.63, 3.8) is 0 Å². The van der Waals surface area contributed by atoms with Gasteiger partial charge in [-0.3, -0.25) is 0 Å². The largest absolute Gasteiger partial charge is 0.397 e. The summed E-state index contributed by atoms with van der Waals surface area (Å²) in [6, 6.07) is 8.58. The van der Waals surface area contributed by atoms with E-state index in [1.54, 1.807) is 14.2 Å². The molecule has 0 bridgehead atoms. The zero-order valence-corrected chi connectivity index (χ0v) is 11.4. The summed E-state index contributed by atoms with van der Waals surface area (Å²) >= 11 is 0. The molecule has 0 N–H and O–H groups in total. The summed E-state index contributed by atoms with van der Waals surface area (Å²) in [5, 5.41) is 1.38. The minimum atomic E-state index is -1.67. The Morgan fingerprint density at radius 1 is 1.12 bits per heavy atom. The van der Waals surface area contributed by atoms with Crippen molar-refractivity contribution in [1.29, 1.82) is 0 Å². The Bertz CT molecular complexity index is 422. The maximum absolute atomic E-state index is 5.51. The molecule has 3 heteroatoms. The Hall–Kier alpha value is -0.903. The van der Waals surface area contributed by atoms with Crippen molar-refractivity contribution in [1.82, 2.24) is 0 Å². The first kappa shape index (κ1) is 11.6. The summed E-state index contributed by atoms with van der Waals surface area (Å²) in [6.07, 6.45) is 0. The van der Waals surface area contributed by atoms with E-state index in [2.05, 4.69) is 38.1 Å². The monoisotopic (exact) mass is 234 g/mol. The van der Waals surface area contributed by atoms with Gasteiger partial charge in [0.05, 0.1) is 0 Å². The molecule has 16 heavy (non-hydrogen) atoms. The van der Waals surface area contributed by atoms with Gasteiger partial charge in [-0.15, -0.1) is 0 Å². The van der Waals surface area contributed by atoms with Gasteiger partial charge in [-0.05, 0) is 28.8 Å². The van der Waals surface area contributed by atoms with Crippen molar-refractivity contribution < 1.29 is 8.85 Å². The molecule has 2 nitrogen and oxygen atoms in total. The van der Waals surface area contributed by atoms with Crippen LogP contribution in [0.3, 0.4) is 0 Å². The minimum absolute atomic E-state index is 0.438. The molecule has 0 fully saturated rings. The molecule has 1 aromatic rings. The van der Waals surface area contributed by atoms with Crippen molar-refractivity contribution in [3.8, 4) is 0 Å². The van der Waals surface area contributed by atoms with Gasteiger partial charge in [0.2, 0.25) is 0 Å². The molecule has 1 aliphatic carbocycles. The highest BCUT2D eigenvalue weighted by Gasteiger charge is 2.32. The van der Waals surface area contributed by atoms with E-state index < -0.39 is 9.28 Å². The quantitative estimate of drug-likeness (QED) is 0.749. The van der Waals surface area contributed by atoms with Gasteiger partial charge in [0.1, 0.15) is 0 Å². The van der Waals surface area contributed by atoms with Gasteiger partial charge in [0, 0.05) is 20.1 Å². The van der Waals surface area contributed by atoms with E-state index >= 15 is 0 Å². The summed E-state index contributed by atoms with van der Waals surface area (Å²) in [7, 11) is 1.83. The lowest BCUT2D eigenvalue weighted by Gasteiger charge is -2.18. The highest BCUT2D eigenvalue weighted by molar-refractivity contribution is 6.56. The van der Waals surface area contributed by atoms with Crippen LogP contribution in [0.15, 0.2) is 29.5 Å². The fraction of sp³-hybridized carbons (Fsp3) is 0.385. The van der Waals surface area contributed by atoms with Gasteiger partial charge in [0.25, 0.3) is 0 Å². The Kier molecular flexibility index (Phi) is 3.28. The third-order valence-corrected chi connectivity index (χ3v) is 5.71. The number of hydrogen-bond donors (Lipinski definition) is 0. The van der Waals surface area contributed by atoms with Crippen LogP contribution in [0.2, 0.25) is 0 Å². The fourth-order valence-corrected chi connectivity index (χ4v) is 4.39. The average Bonchev–Trinajstić information content (AvgIpc) is 2.57. The topological polar surface area (TPSA) is 18.5 Å².